The zero-order valence-corrected chi connectivity index (χ0v) is 17.7. The number of hydrogen-bond donors (Lipinski definition) is 0. The highest BCUT2D eigenvalue weighted by Crippen LogP contribution is 2.32. The van der Waals surface area contributed by atoms with Gasteiger partial charge < -0.3 is 4.57 Å². The van der Waals surface area contributed by atoms with E-state index in [0.717, 1.165) is 31.5 Å². The molecule has 0 spiro atoms. The molecular formula is C22H20BrN3O2. The molecule has 4 aromatic rings. The fraction of sp³-hybridized carbons (Fsp3) is 0.182. The molecule has 28 heavy (non-hydrogen) atoms. The van der Waals surface area contributed by atoms with Gasteiger partial charge in [-0.2, -0.15) is 0 Å². The maximum absolute atomic E-state index is 13.1. The molecule has 6 heteroatoms. The second kappa shape index (κ2) is 6.63. The number of hydrogen-bond acceptors (Lipinski definition) is 2. The second-order valence-electron chi connectivity index (χ2n) is 7.11. The van der Waals surface area contributed by atoms with Gasteiger partial charge in [-0.1, -0.05) is 45.8 Å². The van der Waals surface area contributed by atoms with Crippen LogP contribution < -0.4 is 11.2 Å². The summed E-state index contributed by atoms with van der Waals surface area (Å²) in [4.78, 5) is 25.5. The minimum absolute atomic E-state index is 0.292. The summed E-state index contributed by atoms with van der Waals surface area (Å²) >= 11 is 3.47. The van der Waals surface area contributed by atoms with Crippen LogP contribution in [0.3, 0.4) is 0 Å². The van der Waals surface area contributed by atoms with Gasteiger partial charge in [-0.3, -0.25) is 13.9 Å². The van der Waals surface area contributed by atoms with E-state index in [9.17, 15) is 9.59 Å². The van der Waals surface area contributed by atoms with Gasteiger partial charge in [0.05, 0.1) is 16.6 Å². The first-order chi connectivity index (χ1) is 13.3. The summed E-state index contributed by atoms with van der Waals surface area (Å²) in [5.41, 5.74) is 4.93. The molecule has 4 rings (SSSR count). The van der Waals surface area contributed by atoms with E-state index >= 15 is 0 Å². The lowest BCUT2D eigenvalue weighted by Gasteiger charge is -2.13. The molecule has 0 saturated carbocycles. The third-order valence-electron chi connectivity index (χ3n) is 5.17. The van der Waals surface area contributed by atoms with Crippen LogP contribution in [-0.2, 0) is 14.1 Å². The van der Waals surface area contributed by atoms with Crippen molar-refractivity contribution in [3.8, 4) is 16.9 Å². The van der Waals surface area contributed by atoms with E-state index in [2.05, 4.69) is 48.0 Å². The topological polar surface area (TPSA) is 48.9 Å². The zero-order valence-electron chi connectivity index (χ0n) is 16.2. The van der Waals surface area contributed by atoms with Gasteiger partial charge in [-0.15, -0.1) is 0 Å². The summed E-state index contributed by atoms with van der Waals surface area (Å²) in [7, 11) is 3.21. The molecular weight excluding hydrogens is 418 g/mol. The van der Waals surface area contributed by atoms with Crippen molar-refractivity contribution in [1.29, 1.82) is 0 Å². The maximum atomic E-state index is 13.1. The standard InChI is InChI=1S/C22H20BrN3O2/c1-13-5-10-17(14(2)11-13)26-12-18-19(21(27)25(4)22(28)24(18)3)20(26)15-6-8-16(23)9-7-15/h5-12H,1-4H3. The van der Waals surface area contributed by atoms with Crippen LogP contribution in [0.1, 0.15) is 11.1 Å². The van der Waals surface area contributed by atoms with E-state index in [1.165, 1.54) is 17.2 Å². The number of aromatic nitrogens is 3. The average molecular weight is 438 g/mol. The van der Waals surface area contributed by atoms with Gasteiger partial charge in [-0.05, 0) is 43.2 Å². The smallest absolute Gasteiger partial charge is 0.313 e. The van der Waals surface area contributed by atoms with Crippen molar-refractivity contribution >= 4 is 26.8 Å². The van der Waals surface area contributed by atoms with Crippen molar-refractivity contribution in [3.63, 3.8) is 0 Å². The summed E-state index contributed by atoms with van der Waals surface area (Å²) in [6, 6.07) is 14.1. The minimum atomic E-state index is -0.336. The molecule has 2 aromatic carbocycles. The predicted molar refractivity (Wildman–Crippen MR) is 116 cm³/mol. The number of nitrogens with zero attached hydrogens (tertiary/aromatic N) is 3. The summed E-state index contributed by atoms with van der Waals surface area (Å²) in [5, 5.41) is 0.534. The Kier molecular flexibility index (Phi) is 4.38. The van der Waals surface area contributed by atoms with Crippen molar-refractivity contribution in [2.24, 2.45) is 14.1 Å². The summed E-state index contributed by atoms with van der Waals surface area (Å²) < 4.78 is 5.67. The normalized spacial score (nSPS) is 11.3. The average Bonchev–Trinajstić information content (AvgIpc) is 3.05. The van der Waals surface area contributed by atoms with Gasteiger partial charge in [0.1, 0.15) is 0 Å². The summed E-state index contributed by atoms with van der Waals surface area (Å²) in [6.07, 6.45) is 1.88. The molecule has 0 radical (unpaired) electrons. The van der Waals surface area contributed by atoms with Crippen molar-refractivity contribution in [2.45, 2.75) is 13.8 Å². The number of halogens is 1. The Labute approximate surface area is 170 Å². The van der Waals surface area contributed by atoms with Gasteiger partial charge in [0.25, 0.3) is 5.56 Å². The molecule has 0 atom stereocenters. The van der Waals surface area contributed by atoms with Crippen LogP contribution in [0, 0.1) is 13.8 Å². The summed E-state index contributed by atoms with van der Waals surface area (Å²) in [6.45, 7) is 4.10. The molecule has 0 bridgehead atoms. The third kappa shape index (κ3) is 2.76. The molecule has 0 aliphatic rings. The van der Waals surface area contributed by atoms with Crippen LogP contribution in [0.5, 0.6) is 0 Å². The lowest BCUT2D eigenvalue weighted by molar-refractivity contribution is 0.714. The monoisotopic (exact) mass is 437 g/mol. The molecule has 2 aromatic heterocycles. The Hall–Kier alpha value is -2.86. The molecule has 0 N–H and O–H groups in total. The highest BCUT2D eigenvalue weighted by Gasteiger charge is 2.20. The van der Waals surface area contributed by atoms with Crippen LogP contribution >= 0.6 is 15.9 Å². The zero-order chi connectivity index (χ0) is 20.2. The molecule has 0 amide bonds. The van der Waals surface area contributed by atoms with E-state index in [4.69, 9.17) is 0 Å². The first-order valence-corrected chi connectivity index (χ1v) is 9.73. The lowest BCUT2D eigenvalue weighted by atomic mass is 10.1. The molecule has 0 aliphatic carbocycles. The number of benzene rings is 2. The van der Waals surface area contributed by atoms with E-state index in [1.807, 2.05) is 35.0 Å². The largest absolute Gasteiger partial charge is 0.330 e. The Morgan fingerprint density at radius 1 is 0.893 bits per heavy atom. The molecule has 2 heterocycles. The number of aryl methyl sites for hydroxylation is 3. The molecule has 142 valence electrons. The molecule has 0 aliphatic heterocycles. The highest BCUT2D eigenvalue weighted by molar-refractivity contribution is 9.10. The van der Waals surface area contributed by atoms with Crippen molar-refractivity contribution in [2.75, 3.05) is 0 Å². The van der Waals surface area contributed by atoms with Crippen molar-refractivity contribution in [1.82, 2.24) is 13.7 Å². The number of fused-ring (bicyclic) bond motifs is 1. The predicted octanol–water partition coefficient (Wildman–Crippen LogP) is 4.07. The van der Waals surface area contributed by atoms with Crippen LogP contribution in [0.15, 0.2) is 62.7 Å². The molecule has 0 fully saturated rings. The van der Waals surface area contributed by atoms with E-state index in [1.54, 1.807) is 7.05 Å². The van der Waals surface area contributed by atoms with Crippen molar-refractivity contribution < 1.29 is 0 Å². The first kappa shape index (κ1) is 18.5. The molecule has 0 saturated heterocycles. The van der Waals surface area contributed by atoms with E-state index in [-0.39, 0.29) is 11.2 Å². The fourth-order valence-electron chi connectivity index (χ4n) is 3.70. The minimum Gasteiger partial charge on any atom is -0.313 e. The Balaban J connectivity index is 2.21. The highest BCUT2D eigenvalue weighted by atomic mass is 79.9. The van der Waals surface area contributed by atoms with Crippen LogP contribution in [0.25, 0.3) is 27.8 Å². The first-order valence-electron chi connectivity index (χ1n) is 8.94. The molecule has 5 nitrogen and oxygen atoms in total. The maximum Gasteiger partial charge on any atom is 0.330 e. The lowest BCUT2D eigenvalue weighted by Crippen LogP contribution is -2.36. The Bertz CT molecular complexity index is 1340. The summed E-state index contributed by atoms with van der Waals surface area (Å²) in [5.74, 6) is 0. The third-order valence-corrected chi connectivity index (χ3v) is 5.70. The van der Waals surface area contributed by atoms with Crippen LogP contribution in [0.2, 0.25) is 0 Å². The SMILES string of the molecule is Cc1ccc(-n2cc3c(c2-c2ccc(Br)cc2)c(=O)n(C)c(=O)n3C)c(C)c1. The fourth-order valence-corrected chi connectivity index (χ4v) is 3.96. The van der Waals surface area contributed by atoms with E-state index in [0.29, 0.717) is 10.9 Å². The Morgan fingerprint density at radius 2 is 1.57 bits per heavy atom. The van der Waals surface area contributed by atoms with Crippen molar-refractivity contribution in [3.05, 3.63) is 85.1 Å². The van der Waals surface area contributed by atoms with E-state index < -0.39 is 0 Å². The van der Waals surface area contributed by atoms with Gasteiger partial charge in [0.15, 0.2) is 0 Å². The van der Waals surface area contributed by atoms with Crippen LogP contribution in [0.4, 0.5) is 0 Å². The molecule has 0 unspecified atom stereocenters. The van der Waals surface area contributed by atoms with Gasteiger partial charge >= 0.3 is 5.69 Å². The van der Waals surface area contributed by atoms with Gasteiger partial charge in [0.2, 0.25) is 0 Å². The van der Waals surface area contributed by atoms with Gasteiger partial charge in [-0.25, -0.2) is 4.79 Å². The Morgan fingerprint density at radius 3 is 2.21 bits per heavy atom. The van der Waals surface area contributed by atoms with Crippen LogP contribution in [-0.4, -0.2) is 13.7 Å². The number of rotatable bonds is 2. The quantitative estimate of drug-likeness (QED) is 0.474. The van der Waals surface area contributed by atoms with Gasteiger partial charge in [0, 0.05) is 30.5 Å². The second-order valence-corrected chi connectivity index (χ2v) is 8.03.